The van der Waals surface area contributed by atoms with Gasteiger partial charge in [-0.15, -0.1) is 0 Å². The zero-order chi connectivity index (χ0) is 18.7. The van der Waals surface area contributed by atoms with Gasteiger partial charge in [-0.25, -0.2) is 0 Å². The summed E-state index contributed by atoms with van der Waals surface area (Å²) >= 11 is 16.7. The summed E-state index contributed by atoms with van der Waals surface area (Å²) in [6, 6.07) is 3.54. The first-order valence-corrected chi connectivity index (χ1v) is 11.0. The predicted octanol–water partition coefficient (Wildman–Crippen LogP) is 6.04. The summed E-state index contributed by atoms with van der Waals surface area (Å²) < 4.78 is 8.90. The van der Waals surface area contributed by atoms with Crippen LogP contribution in [0, 0.1) is 0 Å². The Hall–Kier alpha value is 0.130. The zero-order valence-electron chi connectivity index (χ0n) is 12.8. The first kappa shape index (κ1) is 21.4. The van der Waals surface area contributed by atoms with E-state index in [2.05, 4.69) is 90.0 Å². The number of nitrogens with one attached hydrogen (secondary N) is 2. The Balaban J connectivity index is 2.17. The number of aromatic hydroxyl groups is 1. The summed E-state index contributed by atoms with van der Waals surface area (Å²) in [6.07, 6.45) is -0.359. The summed E-state index contributed by atoms with van der Waals surface area (Å²) in [6.45, 7) is 2.64. The average molecular weight is 669 g/mol. The maximum absolute atomic E-state index is 12.4. The van der Waals surface area contributed by atoms with Crippen LogP contribution in [0.15, 0.2) is 34.6 Å². The number of carbonyl (C=O) groups is 1. The van der Waals surface area contributed by atoms with Gasteiger partial charge in [-0.3, -0.25) is 4.79 Å². The molecular weight excluding hydrogens is 656 g/mol. The lowest BCUT2D eigenvalue weighted by atomic mass is 10.1. The molecule has 1 aromatic heterocycles. The second kappa shape index (κ2) is 9.36. The molecule has 10 heteroatoms. The number of benzene rings is 1. The molecule has 1 aromatic carbocycles. The van der Waals surface area contributed by atoms with Crippen molar-refractivity contribution in [2.75, 3.05) is 13.2 Å². The SMILES string of the molecule is CCO[C@H](CNC(=O)c1[nH]c(Br)c(Br)c1Br)c1cc(Br)c(O)c(Br)c1. The fourth-order valence-electron chi connectivity index (χ4n) is 2.10. The number of phenols is 1. The lowest BCUT2D eigenvalue weighted by Gasteiger charge is -2.19. The van der Waals surface area contributed by atoms with Crippen LogP contribution in [-0.4, -0.2) is 29.1 Å². The van der Waals surface area contributed by atoms with Crippen LogP contribution in [-0.2, 0) is 4.74 Å². The van der Waals surface area contributed by atoms with Gasteiger partial charge in [0.2, 0.25) is 0 Å². The van der Waals surface area contributed by atoms with Gasteiger partial charge in [0.1, 0.15) is 11.4 Å². The van der Waals surface area contributed by atoms with E-state index in [0.29, 0.717) is 30.3 Å². The van der Waals surface area contributed by atoms with Gasteiger partial charge in [0.25, 0.3) is 5.91 Å². The molecule has 0 aliphatic heterocycles. The van der Waals surface area contributed by atoms with Crippen molar-refractivity contribution in [3.05, 3.63) is 45.9 Å². The highest BCUT2D eigenvalue weighted by atomic mass is 79.9. The van der Waals surface area contributed by atoms with Gasteiger partial charge < -0.3 is 20.1 Å². The molecule has 5 nitrogen and oxygen atoms in total. The fraction of sp³-hybridized carbons (Fsp3) is 0.267. The highest BCUT2D eigenvalue weighted by Crippen LogP contribution is 2.36. The minimum absolute atomic E-state index is 0.119. The van der Waals surface area contributed by atoms with Crippen molar-refractivity contribution in [2.24, 2.45) is 0 Å². The van der Waals surface area contributed by atoms with Crippen LogP contribution >= 0.6 is 79.6 Å². The summed E-state index contributed by atoms with van der Waals surface area (Å²) in [5, 5.41) is 12.7. The van der Waals surface area contributed by atoms with E-state index in [9.17, 15) is 9.90 Å². The second-order valence-electron chi connectivity index (χ2n) is 4.93. The molecule has 0 unspecified atom stereocenters. The molecule has 1 amide bonds. The number of H-pyrrole nitrogens is 1. The number of phenolic OH excluding ortho intramolecular Hbond substituents is 1. The van der Waals surface area contributed by atoms with Crippen LogP contribution in [0.5, 0.6) is 5.75 Å². The van der Waals surface area contributed by atoms with Crippen molar-refractivity contribution in [1.82, 2.24) is 10.3 Å². The minimum atomic E-state index is -0.359. The van der Waals surface area contributed by atoms with Crippen LogP contribution in [0.3, 0.4) is 0 Å². The Bertz CT molecular complexity index is 771. The molecule has 0 saturated carbocycles. The van der Waals surface area contributed by atoms with E-state index in [-0.39, 0.29) is 24.3 Å². The Labute approximate surface area is 186 Å². The Morgan fingerprint density at radius 2 is 1.80 bits per heavy atom. The lowest BCUT2D eigenvalue weighted by Crippen LogP contribution is -2.30. The largest absolute Gasteiger partial charge is 0.506 e. The topological polar surface area (TPSA) is 74.3 Å². The molecule has 0 aliphatic carbocycles. The third-order valence-electron chi connectivity index (χ3n) is 3.29. The van der Waals surface area contributed by atoms with Gasteiger partial charge in [0.15, 0.2) is 0 Å². The van der Waals surface area contributed by atoms with E-state index < -0.39 is 0 Å². The summed E-state index contributed by atoms with van der Waals surface area (Å²) in [7, 11) is 0. The number of halogens is 5. The molecule has 25 heavy (non-hydrogen) atoms. The maximum atomic E-state index is 12.4. The monoisotopic (exact) mass is 664 g/mol. The molecule has 0 radical (unpaired) electrons. The highest BCUT2D eigenvalue weighted by Gasteiger charge is 2.21. The number of carbonyl (C=O) groups excluding carboxylic acids is 1. The smallest absolute Gasteiger partial charge is 0.269 e. The summed E-state index contributed by atoms with van der Waals surface area (Å²) in [4.78, 5) is 15.4. The Morgan fingerprint density at radius 3 is 2.28 bits per heavy atom. The molecule has 1 heterocycles. The first-order chi connectivity index (χ1) is 11.8. The summed E-state index contributed by atoms with van der Waals surface area (Å²) in [5.74, 6) is -0.145. The van der Waals surface area contributed by atoms with Crippen LogP contribution in [0.25, 0.3) is 0 Å². The number of aromatic nitrogens is 1. The van der Waals surface area contributed by atoms with E-state index in [4.69, 9.17) is 4.74 Å². The third-order valence-corrected chi connectivity index (χ3v) is 7.75. The van der Waals surface area contributed by atoms with Crippen molar-refractivity contribution in [3.8, 4) is 5.75 Å². The number of rotatable bonds is 6. The molecule has 136 valence electrons. The highest BCUT2D eigenvalue weighted by molar-refractivity contribution is 9.14. The average Bonchev–Trinajstić information content (AvgIpc) is 2.83. The van der Waals surface area contributed by atoms with Gasteiger partial charge in [0.05, 0.1) is 28.6 Å². The van der Waals surface area contributed by atoms with Crippen molar-refractivity contribution in [2.45, 2.75) is 13.0 Å². The molecule has 0 aliphatic rings. The van der Waals surface area contributed by atoms with Gasteiger partial charge in [-0.05, 0) is 104 Å². The number of aromatic amines is 1. The zero-order valence-corrected chi connectivity index (χ0v) is 20.7. The molecule has 2 aromatic rings. The van der Waals surface area contributed by atoms with Crippen LogP contribution < -0.4 is 5.32 Å². The van der Waals surface area contributed by atoms with E-state index >= 15 is 0 Å². The van der Waals surface area contributed by atoms with Crippen molar-refractivity contribution < 1.29 is 14.6 Å². The lowest BCUT2D eigenvalue weighted by molar-refractivity contribution is 0.0583. The Kier molecular flexibility index (Phi) is 8.03. The van der Waals surface area contributed by atoms with Crippen molar-refractivity contribution in [3.63, 3.8) is 0 Å². The number of hydrogen-bond donors (Lipinski definition) is 3. The fourth-order valence-corrected chi connectivity index (χ4v) is 4.76. The third kappa shape index (κ3) is 5.10. The van der Waals surface area contributed by atoms with Crippen LogP contribution in [0.1, 0.15) is 29.1 Å². The molecule has 0 saturated heterocycles. The quantitative estimate of drug-likeness (QED) is 0.352. The predicted molar refractivity (Wildman–Crippen MR) is 114 cm³/mol. The molecule has 3 N–H and O–H groups in total. The molecule has 0 spiro atoms. The van der Waals surface area contributed by atoms with Crippen LogP contribution in [0.2, 0.25) is 0 Å². The molecule has 0 bridgehead atoms. The second-order valence-corrected chi connectivity index (χ2v) is 9.02. The van der Waals surface area contributed by atoms with E-state index in [0.717, 1.165) is 10.0 Å². The van der Waals surface area contributed by atoms with Gasteiger partial charge in [-0.1, -0.05) is 0 Å². The molecule has 2 rings (SSSR count). The first-order valence-electron chi connectivity index (χ1n) is 7.06. The van der Waals surface area contributed by atoms with Gasteiger partial charge in [0, 0.05) is 13.2 Å². The number of ether oxygens (including phenoxy) is 1. The van der Waals surface area contributed by atoms with Gasteiger partial charge >= 0.3 is 0 Å². The Morgan fingerprint density at radius 1 is 1.20 bits per heavy atom. The van der Waals surface area contributed by atoms with E-state index in [1.54, 1.807) is 12.1 Å². The standard InChI is InChI=1S/C15H13Br5N2O3/c1-2-25-9(6-3-7(16)13(23)8(17)4-6)5-21-15(24)12-10(18)11(19)14(20)22-12/h3-4,9,22-23H,2,5H2,1H3,(H,21,24)/t9-/m1/s1. The van der Waals surface area contributed by atoms with Gasteiger partial charge in [-0.2, -0.15) is 0 Å². The van der Waals surface area contributed by atoms with E-state index in [1.165, 1.54) is 0 Å². The van der Waals surface area contributed by atoms with Crippen molar-refractivity contribution >= 4 is 85.6 Å². The van der Waals surface area contributed by atoms with E-state index in [1.807, 2.05) is 6.92 Å². The number of amides is 1. The van der Waals surface area contributed by atoms with Crippen LogP contribution in [0.4, 0.5) is 0 Å². The summed E-state index contributed by atoms with van der Waals surface area (Å²) in [5.41, 5.74) is 1.23. The maximum Gasteiger partial charge on any atom is 0.269 e. The molecule has 1 atom stereocenters. The molecule has 0 fully saturated rings. The molecular formula is C15H13Br5N2O3. The minimum Gasteiger partial charge on any atom is -0.506 e. The van der Waals surface area contributed by atoms with Crippen molar-refractivity contribution in [1.29, 1.82) is 0 Å². The normalized spacial score (nSPS) is 12.2. The number of hydrogen-bond acceptors (Lipinski definition) is 3.